The van der Waals surface area contributed by atoms with Crippen LogP contribution in [0.15, 0.2) is 36.4 Å². The van der Waals surface area contributed by atoms with Crippen molar-refractivity contribution >= 4 is 28.7 Å². The Morgan fingerprint density at radius 1 is 1.04 bits per heavy atom. The summed E-state index contributed by atoms with van der Waals surface area (Å²) in [5.41, 5.74) is -5.38. The second-order valence-corrected chi connectivity index (χ2v) is 5.34. The fraction of sp³-hybridized carbons (Fsp3) is 0.143. The predicted molar refractivity (Wildman–Crippen MR) is 83.7 cm³/mol. The molecule has 0 radical (unpaired) electrons. The SMILES string of the molecule is O=[N+]([O-])c1cc(C(F)(F)F)cc([N+](=O)[O-])c1NC(F)c1ccccc1Cl. The van der Waals surface area contributed by atoms with Crippen molar-refractivity contribution in [1.29, 1.82) is 0 Å². The molecule has 1 N–H and O–H groups in total. The van der Waals surface area contributed by atoms with E-state index in [9.17, 15) is 37.8 Å². The highest BCUT2D eigenvalue weighted by Gasteiger charge is 2.38. The molecule has 1 atom stereocenters. The molecule has 1 unspecified atom stereocenters. The van der Waals surface area contributed by atoms with Crippen LogP contribution in [0.4, 0.5) is 34.6 Å². The van der Waals surface area contributed by atoms with E-state index in [0.717, 1.165) is 0 Å². The number of hydrogen-bond acceptors (Lipinski definition) is 5. The summed E-state index contributed by atoms with van der Waals surface area (Å²) in [6.07, 6.45) is -7.30. The number of hydrogen-bond donors (Lipinski definition) is 1. The van der Waals surface area contributed by atoms with Crippen molar-refractivity contribution < 1.29 is 27.4 Å². The topological polar surface area (TPSA) is 98.3 Å². The molecule has 0 heterocycles. The summed E-state index contributed by atoms with van der Waals surface area (Å²) in [5, 5.41) is 24.0. The Morgan fingerprint density at radius 3 is 1.96 bits per heavy atom. The van der Waals surface area contributed by atoms with Gasteiger partial charge in [-0.25, -0.2) is 4.39 Å². The van der Waals surface area contributed by atoms with Gasteiger partial charge in [0.1, 0.15) is 0 Å². The summed E-state index contributed by atoms with van der Waals surface area (Å²) in [7, 11) is 0. The fourth-order valence-corrected chi connectivity index (χ4v) is 2.33. The van der Waals surface area contributed by atoms with E-state index in [-0.39, 0.29) is 22.7 Å². The summed E-state index contributed by atoms with van der Waals surface area (Å²) < 4.78 is 52.9. The summed E-state index contributed by atoms with van der Waals surface area (Å²) in [6, 6.07) is 5.57. The van der Waals surface area contributed by atoms with Crippen LogP contribution in [0.5, 0.6) is 0 Å². The van der Waals surface area contributed by atoms with Crippen LogP contribution in [0, 0.1) is 20.2 Å². The van der Waals surface area contributed by atoms with Gasteiger partial charge in [0.2, 0.25) is 0 Å². The highest BCUT2D eigenvalue weighted by molar-refractivity contribution is 6.31. The molecule has 138 valence electrons. The summed E-state index contributed by atoms with van der Waals surface area (Å²) in [4.78, 5) is 19.6. The number of halogens is 5. The van der Waals surface area contributed by atoms with Gasteiger partial charge in [-0.05, 0) is 6.07 Å². The molecule has 0 aliphatic heterocycles. The van der Waals surface area contributed by atoms with E-state index in [1.165, 1.54) is 24.3 Å². The minimum atomic E-state index is -5.06. The second-order valence-electron chi connectivity index (χ2n) is 4.93. The number of nitro benzene ring substituents is 2. The Kier molecular flexibility index (Phi) is 5.30. The lowest BCUT2D eigenvalue weighted by Crippen LogP contribution is -2.12. The Morgan fingerprint density at radius 2 is 1.54 bits per heavy atom. The first-order chi connectivity index (χ1) is 12.0. The van der Waals surface area contributed by atoms with Crippen LogP contribution < -0.4 is 5.32 Å². The largest absolute Gasteiger partial charge is 0.416 e. The van der Waals surface area contributed by atoms with Gasteiger partial charge >= 0.3 is 6.18 Å². The number of rotatable bonds is 5. The van der Waals surface area contributed by atoms with Gasteiger partial charge in [0.25, 0.3) is 11.4 Å². The number of nitrogens with zero attached hydrogens (tertiary/aromatic N) is 2. The van der Waals surface area contributed by atoms with Crippen molar-refractivity contribution in [2.75, 3.05) is 5.32 Å². The number of anilines is 1. The van der Waals surface area contributed by atoms with Gasteiger partial charge < -0.3 is 5.32 Å². The first kappa shape index (κ1) is 19.4. The Hall–Kier alpha value is -2.95. The molecule has 0 amide bonds. The molecule has 0 saturated heterocycles. The summed E-state index contributed by atoms with van der Waals surface area (Å²) >= 11 is 5.78. The van der Waals surface area contributed by atoms with Crippen LogP contribution in [0.2, 0.25) is 5.02 Å². The quantitative estimate of drug-likeness (QED) is 0.323. The molecule has 2 aromatic carbocycles. The highest BCUT2D eigenvalue weighted by atomic mass is 35.5. The second kappa shape index (κ2) is 7.12. The smallest absolute Gasteiger partial charge is 0.341 e. The van der Waals surface area contributed by atoms with Gasteiger partial charge in [-0.2, -0.15) is 13.2 Å². The van der Waals surface area contributed by atoms with E-state index >= 15 is 0 Å². The highest BCUT2D eigenvalue weighted by Crippen LogP contribution is 2.43. The predicted octanol–water partition coefficient (Wildman–Crippen LogP) is 5.26. The van der Waals surface area contributed by atoms with Gasteiger partial charge in [0.05, 0.1) is 15.4 Å². The average Bonchev–Trinajstić information content (AvgIpc) is 2.53. The molecule has 7 nitrogen and oxygen atoms in total. The van der Waals surface area contributed by atoms with Crippen molar-refractivity contribution in [3.8, 4) is 0 Å². The van der Waals surface area contributed by atoms with E-state index in [2.05, 4.69) is 0 Å². The van der Waals surface area contributed by atoms with Crippen molar-refractivity contribution in [3.05, 3.63) is 72.8 Å². The van der Waals surface area contributed by atoms with Crippen molar-refractivity contribution in [3.63, 3.8) is 0 Å². The number of alkyl halides is 4. The minimum Gasteiger partial charge on any atom is -0.341 e. The minimum absolute atomic E-state index is 0.0790. The Balaban J connectivity index is 2.61. The molecule has 0 aliphatic rings. The zero-order valence-electron chi connectivity index (χ0n) is 12.5. The van der Waals surface area contributed by atoms with Gasteiger partial charge in [-0.1, -0.05) is 29.8 Å². The molecule has 12 heteroatoms. The molecular weight excluding hydrogens is 386 g/mol. The molecular formula is C14H8ClF4N3O4. The maximum Gasteiger partial charge on any atom is 0.416 e. The van der Waals surface area contributed by atoms with Crippen LogP contribution >= 0.6 is 11.6 Å². The van der Waals surface area contributed by atoms with Crippen molar-refractivity contribution in [2.45, 2.75) is 12.5 Å². The average molecular weight is 394 g/mol. The maximum absolute atomic E-state index is 14.4. The van der Waals surface area contributed by atoms with Crippen LogP contribution in [-0.4, -0.2) is 9.85 Å². The fourth-order valence-electron chi connectivity index (χ4n) is 2.10. The molecule has 26 heavy (non-hydrogen) atoms. The summed E-state index contributed by atoms with van der Waals surface area (Å²) in [5.74, 6) is 0. The van der Waals surface area contributed by atoms with Gasteiger partial charge in [0.15, 0.2) is 12.0 Å². The lowest BCUT2D eigenvalue weighted by Gasteiger charge is -2.15. The molecule has 0 aliphatic carbocycles. The third kappa shape index (κ3) is 3.99. The summed E-state index contributed by atoms with van der Waals surface area (Å²) in [6.45, 7) is 0. The standard InChI is InChI=1S/C14H8ClF4N3O4/c15-9-4-2-1-3-8(9)13(16)20-12-10(21(23)24)5-7(14(17,18)19)6-11(12)22(25)26/h1-6,13,20H. The first-order valence-electron chi connectivity index (χ1n) is 6.71. The zero-order chi connectivity index (χ0) is 19.6. The molecule has 2 aromatic rings. The molecule has 0 aromatic heterocycles. The number of nitro groups is 2. The molecule has 0 bridgehead atoms. The molecule has 0 spiro atoms. The lowest BCUT2D eigenvalue weighted by atomic mass is 10.1. The van der Waals surface area contributed by atoms with E-state index in [1.54, 1.807) is 0 Å². The monoisotopic (exact) mass is 393 g/mol. The Labute approximate surface area is 147 Å². The van der Waals surface area contributed by atoms with Gasteiger partial charge in [-0.3, -0.25) is 20.2 Å². The molecule has 0 fully saturated rings. The van der Waals surface area contributed by atoms with E-state index in [1.807, 2.05) is 5.32 Å². The molecule has 2 rings (SSSR count). The number of benzene rings is 2. The van der Waals surface area contributed by atoms with Crippen molar-refractivity contribution in [1.82, 2.24) is 0 Å². The normalized spacial score (nSPS) is 12.5. The lowest BCUT2D eigenvalue weighted by molar-refractivity contribution is -0.392. The van der Waals surface area contributed by atoms with E-state index in [0.29, 0.717) is 0 Å². The van der Waals surface area contributed by atoms with Crippen LogP contribution in [0.3, 0.4) is 0 Å². The third-order valence-electron chi connectivity index (χ3n) is 3.27. The van der Waals surface area contributed by atoms with E-state index < -0.39 is 44.9 Å². The zero-order valence-corrected chi connectivity index (χ0v) is 13.2. The maximum atomic E-state index is 14.4. The number of nitrogens with one attached hydrogen (secondary N) is 1. The first-order valence-corrected chi connectivity index (χ1v) is 7.09. The van der Waals surface area contributed by atoms with Crippen LogP contribution in [0.1, 0.15) is 17.4 Å². The van der Waals surface area contributed by atoms with E-state index in [4.69, 9.17) is 11.6 Å². The van der Waals surface area contributed by atoms with Gasteiger partial charge in [0, 0.05) is 22.7 Å². The van der Waals surface area contributed by atoms with Crippen LogP contribution in [0.25, 0.3) is 0 Å². The van der Waals surface area contributed by atoms with Gasteiger partial charge in [-0.15, -0.1) is 0 Å². The molecule has 0 saturated carbocycles. The third-order valence-corrected chi connectivity index (χ3v) is 3.61. The van der Waals surface area contributed by atoms with Crippen molar-refractivity contribution in [2.24, 2.45) is 0 Å². The van der Waals surface area contributed by atoms with Crippen LogP contribution in [-0.2, 0) is 6.18 Å². The Bertz CT molecular complexity index is 841.